The summed E-state index contributed by atoms with van der Waals surface area (Å²) < 4.78 is 5.63. The molecule has 0 radical (unpaired) electrons. The number of hydrogen-bond donors (Lipinski definition) is 1. The fourth-order valence-electron chi connectivity index (χ4n) is 1.55. The van der Waals surface area contributed by atoms with Gasteiger partial charge in [-0.25, -0.2) is 9.78 Å². The largest absolute Gasteiger partial charge is 0.487 e. The summed E-state index contributed by atoms with van der Waals surface area (Å²) in [5.74, 6) is -0.198. The van der Waals surface area contributed by atoms with Crippen LogP contribution < -0.4 is 4.74 Å². The maximum atomic E-state index is 10.9. The quantitative estimate of drug-likeness (QED) is 0.921. The minimum atomic E-state index is -0.961. The molecule has 1 heterocycles. The molecule has 0 aliphatic rings. The first-order valence-electron chi connectivity index (χ1n) is 5.43. The van der Waals surface area contributed by atoms with E-state index in [0.29, 0.717) is 5.69 Å². The Bertz CT molecular complexity index is 577. The zero-order valence-corrected chi connectivity index (χ0v) is 11.0. The molecule has 0 saturated heterocycles. The number of rotatable bonds is 4. The van der Waals surface area contributed by atoms with E-state index >= 15 is 0 Å². The Balaban J connectivity index is 2.14. The van der Waals surface area contributed by atoms with Crippen molar-refractivity contribution in [3.05, 3.63) is 45.4 Å². The first kappa shape index (κ1) is 12.6. The minimum absolute atomic E-state index is 0.176. The molecule has 0 aliphatic heterocycles. The Morgan fingerprint density at radius 1 is 1.44 bits per heavy atom. The fourth-order valence-corrected chi connectivity index (χ4v) is 2.19. The SMILES string of the molecule is Cc1ccc(C)c(OCc2ncsc2C(=O)O)c1. The van der Waals surface area contributed by atoms with Gasteiger partial charge in [0.15, 0.2) is 0 Å². The maximum absolute atomic E-state index is 10.9. The van der Waals surface area contributed by atoms with E-state index in [4.69, 9.17) is 9.84 Å². The van der Waals surface area contributed by atoms with Crippen LogP contribution in [0.3, 0.4) is 0 Å². The number of ether oxygens (including phenoxy) is 1. The van der Waals surface area contributed by atoms with Crippen molar-refractivity contribution in [3.8, 4) is 5.75 Å². The second-order valence-electron chi connectivity index (χ2n) is 3.99. The smallest absolute Gasteiger partial charge is 0.347 e. The van der Waals surface area contributed by atoms with E-state index in [1.165, 1.54) is 5.51 Å². The number of thiazole rings is 1. The summed E-state index contributed by atoms with van der Waals surface area (Å²) in [5, 5.41) is 8.97. The second kappa shape index (κ2) is 5.18. The van der Waals surface area contributed by atoms with Crippen molar-refractivity contribution in [1.29, 1.82) is 0 Å². The highest BCUT2D eigenvalue weighted by atomic mass is 32.1. The van der Waals surface area contributed by atoms with Crippen LogP contribution in [0.25, 0.3) is 0 Å². The monoisotopic (exact) mass is 263 g/mol. The molecule has 2 aromatic rings. The van der Waals surface area contributed by atoms with Crippen LogP contribution in [0.15, 0.2) is 23.7 Å². The van der Waals surface area contributed by atoms with Gasteiger partial charge in [-0.1, -0.05) is 12.1 Å². The van der Waals surface area contributed by atoms with Crippen LogP contribution >= 0.6 is 11.3 Å². The Hall–Kier alpha value is -1.88. The third kappa shape index (κ3) is 2.68. The van der Waals surface area contributed by atoms with Gasteiger partial charge in [0.05, 0.1) is 5.51 Å². The zero-order chi connectivity index (χ0) is 13.1. The van der Waals surface area contributed by atoms with Crippen LogP contribution in [-0.4, -0.2) is 16.1 Å². The highest BCUT2D eigenvalue weighted by Gasteiger charge is 2.14. The molecule has 5 heteroatoms. The molecule has 0 aliphatic carbocycles. The van der Waals surface area contributed by atoms with Gasteiger partial charge in [0.25, 0.3) is 0 Å². The molecule has 18 heavy (non-hydrogen) atoms. The van der Waals surface area contributed by atoms with Crippen LogP contribution in [-0.2, 0) is 6.61 Å². The van der Waals surface area contributed by atoms with Crippen LogP contribution in [0.5, 0.6) is 5.75 Å². The molecule has 4 nitrogen and oxygen atoms in total. The molecular weight excluding hydrogens is 250 g/mol. The summed E-state index contributed by atoms with van der Waals surface area (Å²) in [7, 11) is 0. The third-order valence-corrected chi connectivity index (χ3v) is 3.40. The number of carboxylic acid groups (broad SMARTS) is 1. The van der Waals surface area contributed by atoms with E-state index in [1.807, 2.05) is 32.0 Å². The molecular formula is C13H13NO3S. The lowest BCUT2D eigenvalue weighted by Gasteiger charge is -2.09. The first-order chi connectivity index (χ1) is 8.58. The molecule has 0 amide bonds. The number of hydrogen-bond acceptors (Lipinski definition) is 4. The normalized spacial score (nSPS) is 10.3. The number of carboxylic acids is 1. The van der Waals surface area contributed by atoms with Crippen LogP contribution in [0.4, 0.5) is 0 Å². The third-order valence-electron chi connectivity index (χ3n) is 2.54. The summed E-state index contributed by atoms with van der Waals surface area (Å²) in [6.07, 6.45) is 0. The number of aromatic carboxylic acids is 1. The maximum Gasteiger partial charge on any atom is 0.347 e. The summed E-state index contributed by atoms with van der Waals surface area (Å²) in [6, 6.07) is 5.92. The molecule has 1 aromatic carbocycles. The molecule has 1 N–H and O–H groups in total. The zero-order valence-electron chi connectivity index (χ0n) is 10.1. The molecule has 0 atom stereocenters. The number of nitrogens with zero attached hydrogens (tertiary/aromatic N) is 1. The van der Waals surface area contributed by atoms with Gasteiger partial charge in [0.2, 0.25) is 0 Å². The van der Waals surface area contributed by atoms with Crippen molar-refractivity contribution >= 4 is 17.3 Å². The molecule has 94 valence electrons. The lowest BCUT2D eigenvalue weighted by molar-refractivity contribution is 0.0699. The molecule has 0 fully saturated rings. The summed E-state index contributed by atoms with van der Waals surface area (Å²) >= 11 is 1.11. The highest BCUT2D eigenvalue weighted by molar-refractivity contribution is 7.11. The highest BCUT2D eigenvalue weighted by Crippen LogP contribution is 2.21. The van der Waals surface area contributed by atoms with E-state index in [1.54, 1.807) is 0 Å². The number of benzene rings is 1. The van der Waals surface area contributed by atoms with Gasteiger partial charge in [-0.05, 0) is 31.0 Å². The molecule has 0 saturated carbocycles. The summed E-state index contributed by atoms with van der Waals surface area (Å²) in [6.45, 7) is 4.11. The molecule has 0 unspecified atom stereocenters. The standard InChI is InChI=1S/C13H13NO3S/c1-8-3-4-9(2)11(5-8)17-6-10-12(13(15)16)18-7-14-10/h3-5,7H,6H2,1-2H3,(H,15,16). The van der Waals surface area contributed by atoms with Crippen molar-refractivity contribution in [2.75, 3.05) is 0 Å². The van der Waals surface area contributed by atoms with Crippen molar-refractivity contribution in [1.82, 2.24) is 4.98 Å². The van der Waals surface area contributed by atoms with E-state index < -0.39 is 5.97 Å². The minimum Gasteiger partial charge on any atom is -0.487 e. The fraction of sp³-hybridized carbons (Fsp3) is 0.231. The van der Waals surface area contributed by atoms with E-state index in [0.717, 1.165) is 28.2 Å². The van der Waals surface area contributed by atoms with E-state index in [-0.39, 0.29) is 11.5 Å². The Morgan fingerprint density at radius 2 is 2.22 bits per heavy atom. The Kier molecular flexibility index (Phi) is 3.62. The molecule has 1 aromatic heterocycles. The molecule has 0 spiro atoms. The predicted molar refractivity (Wildman–Crippen MR) is 69.3 cm³/mol. The average Bonchev–Trinajstić information content (AvgIpc) is 2.79. The Morgan fingerprint density at radius 3 is 2.94 bits per heavy atom. The van der Waals surface area contributed by atoms with Gasteiger partial charge < -0.3 is 9.84 Å². The van der Waals surface area contributed by atoms with Gasteiger partial charge in [-0.2, -0.15) is 0 Å². The van der Waals surface area contributed by atoms with Gasteiger partial charge in [0, 0.05) is 0 Å². The summed E-state index contributed by atoms with van der Waals surface area (Å²) in [5.41, 5.74) is 4.11. The van der Waals surface area contributed by atoms with Crippen LogP contribution in [0, 0.1) is 13.8 Å². The second-order valence-corrected chi connectivity index (χ2v) is 4.85. The van der Waals surface area contributed by atoms with Crippen LogP contribution in [0.2, 0.25) is 0 Å². The van der Waals surface area contributed by atoms with Crippen molar-refractivity contribution in [3.63, 3.8) is 0 Å². The first-order valence-corrected chi connectivity index (χ1v) is 6.31. The number of aryl methyl sites for hydroxylation is 2. The van der Waals surface area contributed by atoms with E-state index in [9.17, 15) is 4.79 Å². The summed E-state index contributed by atoms with van der Waals surface area (Å²) in [4.78, 5) is 15.2. The molecule has 2 rings (SSSR count). The van der Waals surface area contributed by atoms with Crippen LogP contribution in [0.1, 0.15) is 26.5 Å². The van der Waals surface area contributed by atoms with E-state index in [2.05, 4.69) is 4.98 Å². The van der Waals surface area contributed by atoms with Gasteiger partial charge >= 0.3 is 5.97 Å². The van der Waals surface area contributed by atoms with Gasteiger partial charge in [0.1, 0.15) is 22.9 Å². The lowest BCUT2D eigenvalue weighted by Crippen LogP contribution is -2.04. The van der Waals surface area contributed by atoms with Crippen molar-refractivity contribution in [2.45, 2.75) is 20.5 Å². The van der Waals surface area contributed by atoms with Gasteiger partial charge in [-0.3, -0.25) is 0 Å². The predicted octanol–water partition coefficient (Wildman–Crippen LogP) is 3.04. The average molecular weight is 263 g/mol. The Labute approximate surface area is 109 Å². The molecule has 0 bridgehead atoms. The number of aromatic nitrogens is 1. The van der Waals surface area contributed by atoms with Gasteiger partial charge in [-0.15, -0.1) is 11.3 Å². The number of carbonyl (C=O) groups is 1. The van der Waals surface area contributed by atoms with Crippen molar-refractivity contribution in [2.24, 2.45) is 0 Å². The lowest BCUT2D eigenvalue weighted by atomic mass is 10.1. The topological polar surface area (TPSA) is 59.4 Å². The van der Waals surface area contributed by atoms with Crippen molar-refractivity contribution < 1.29 is 14.6 Å².